The van der Waals surface area contributed by atoms with Gasteiger partial charge in [-0.2, -0.15) is 9.37 Å². The van der Waals surface area contributed by atoms with Crippen LogP contribution in [0.25, 0.3) is 0 Å². The van der Waals surface area contributed by atoms with Gasteiger partial charge in [0.25, 0.3) is 0 Å². The highest BCUT2D eigenvalue weighted by Gasteiger charge is 2.40. The van der Waals surface area contributed by atoms with E-state index in [0.29, 0.717) is 13.0 Å². The second-order valence-corrected chi connectivity index (χ2v) is 12.1. The fourth-order valence-electron chi connectivity index (χ4n) is 2.22. The van der Waals surface area contributed by atoms with Crippen molar-refractivity contribution in [2.24, 2.45) is 0 Å². The molecule has 23 heavy (non-hydrogen) atoms. The zero-order valence-electron chi connectivity index (χ0n) is 14.2. The van der Waals surface area contributed by atoms with E-state index in [1.165, 1.54) is 4.90 Å². The Kier molecular flexibility index (Phi) is 4.86. The van der Waals surface area contributed by atoms with E-state index in [9.17, 15) is 13.6 Å². The van der Waals surface area contributed by atoms with Crippen molar-refractivity contribution in [3.05, 3.63) is 18.1 Å². The molecule has 1 aliphatic rings. The second kappa shape index (κ2) is 6.24. The highest BCUT2D eigenvalue weighted by atomic mass is 28.4. The van der Waals surface area contributed by atoms with E-state index in [4.69, 9.17) is 4.43 Å². The summed E-state index contributed by atoms with van der Waals surface area (Å²) in [5, 5.41) is 0.0344. The Morgan fingerprint density at radius 3 is 2.65 bits per heavy atom. The molecule has 2 rings (SSSR count). The highest BCUT2D eigenvalue weighted by Crippen LogP contribution is 2.37. The fourth-order valence-corrected chi connectivity index (χ4v) is 3.26. The van der Waals surface area contributed by atoms with E-state index in [0.717, 1.165) is 6.20 Å². The summed E-state index contributed by atoms with van der Waals surface area (Å²) >= 11 is 0. The lowest BCUT2D eigenvalue weighted by Gasteiger charge is -2.37. The number of halogens is 2. The Morgan fingerprint density at radius 1 is 1.39 bits per heavy atom. The maximum atomic E-state index is 13.9. The Morgan fingerprint density at radius 2 is 2.04 bits per heavy atom. The van der Waals surface area contributed by atoms with Gasteiger partial charge in [-0.05, 0) is 24.6 Å². The van der Waals surface area contributed by atoms with Crippen molar-refractivity contribution in [1.29, 1.82) is 0 Å². The molecular weight excluding hydrogens is 320 g/mol. The van der Waals surface area contributed by atoms with Crippen molar-refractivity contribution in [2.75, 3.05) is 11.5 Å². The molecule has 0 radical (unpaired) electrons. The quantitative estimate of drug-likeness (QED) is 0.622. The lowest BCUT2D eigenvalue weighted by atomic mass is 10.2. The molecular formula is C15H23F2N3O2Si. The van der Waals surface area contributed by atoms with Gasteiger partial charge in [0.2, 0.25) is 5.91 Å². The molecule has 0 N–H and O–H groups in total. The van der Waals surface area contributed by atoms with Crippen molar-refractivity contribution in [3.63, 3.8) is 0 Å². The molecule has 1 aliphatic heterocycles. The van der Waals surface area contributed by atoms with Crippen molar-refractivity contribution >= 4 is 20.0 Å². The number of hydrogen-bond acceptors (Lipinski definition) is 4. The van der Waals surface area contributed by atoms with Crippen LogP contribution in [0.5, 0.6) is 0 Å². The van der Waals surface area contributed by atoms with Crippen molar-refractivity contribution in [2.45, 2.75) is 57.8 Å². The SMILES string of the molecule is CC(C)(C)[Si](C)(C)OC[C@H]1CCC(=O)N1c1nc(F)ncc1F. The Labute approximate surface area is 136 Å². The van der Waals surface area contributed by atoms with Gasteiger partial charge in [0.05, 0.1) is 18.8 Å². The molecule has 0 aliphatic carbocycles. The van der Waals surface area contributed by atoms with Gasteiger partial charge in [0.1, 0.15) is 0 Å². The molecule has 8 heteroatoms. The van der Waals surface area contributed by atoms with Crippen LogP contribution in [0, 0.1) is 11.9 Å². The van der Waals surface area contributed by atoms with Gasteiger partial charge in [-0.1, -0.05) is 20.8 Å². The standard InChI is InChI=1S/C15H23F2N3O2Si/c1-15(2,3)23(4,5)22-9-10-6-7-12(21)20(10)13-11(16)8-18-14(17)19-13/h8,10H,6-7,9H2,1-5H3/t10-/m1/s1. The molecule has 1 aromatic rings. The minimum absolute atomic E-state index is 0.0344. The minimum Gasteiger partial charge on any atom is -0.415 e. The van der Waals surface area contributed by atoms with E-state index in [-0.39, 0.29) is 29.2 Å². The first-order valence-electron chi connectivity index (χ1n) is 7.67. The average molecular weight is 343 g/mol. The Balaban J connectivity index is 2.19. The van der Waals surface area contributed by atoms with E-state index in [2.05, 4.69) is 43.8 Å². The first-order valence-corrected chi connectivity index (χ1v) is 10.6. The van der Waals surface area contributed by atoms with Gasteiger partial charge >= 0.3 is 6.08 Å². The molecule has 128 valence electrons. The van der Waals surface area contributed by atoms with Crippen LogP contribution in [-0.2, 0) is 9.22 Å². The van der Waals surface area contributed by atoms with Crippen LogP contribution in [0.1, 0.15) is 33.6 Å². The Bertz CT molecular complexity index is 605. The number of rotatable bonds is 4. The van der Waals surface area contributed by atoms with Crippen LogP contribution in [0.15, 0.2) is 6.20 Å². The van der Waals surface area contributed by atoms with Crippen LogP contribution in [-0.4, -0.2) is 36.8 Å². The average Bonchev–Trinajstić information content (AvgIpc) is 2.79. The molecule has 0 saturated carbocycles. The molecule has 2 heterocycles. The molecule has 1 amide bonds. The topological polar surface area (TPSA) is 55.3 Å². The van der Waals surface area contributed by atoms with Gasteiger partial charge < -0.3 is 4.43 Å². The molecule has 1 atom stereocenters. The smallest absolute Gasteiger partial charge is 0.310 e. The number of amides is 1. The molecule has 0 spiro atoms. The zero-order valence-corrected chi connectivity index (χ0v) is 15.2. The van der Waals surface area contributed by atoms with Gasteiger partial charge in [-0.15, -0.1) is 0 Å². The third-order valence-corrected chi connectivity index (χ3v) is 9.19. The van der Waals surface area contributed by atoms with Gasteiger partial charge in [0, 0.05) is 6.42 Å². The summed E-state index contributed by atoms with van der Waals surface area (Å²) in [5.74, 6) is -1.38. The molecule has 5 nitrogen and oxygen atoms in total. The van der Waals surface area contributed by atoms with Crippen molar-refractivity contribution < 1.29 is 18.0 Å². The summed E-state index contributed by atoms with van der Waals surface area (Å²) < 4.78 is 33.3. The number of anilines is 1. The molecule has 1 saturated heterocycles. The van der Waals surface area contributed by atoms with Crippen LogP contribution in [0.4, 0.5) is 14.6 Å². The first kappa shape index (κ1) is 17.9. The molecule has 0 bridgehead atoms. The third kappa shape index (κ3) is 3.74. The van der Waals surface area contributed by atoms with Gasteiger partial charge in [-0.25, -0.2) is 9.37 Å². The predicted molar refractivity (Wildman–Crippen MR) is 85.6 cm³/mol. The normalized spacial score (nSPS) is 19.5. The van der Waals surface area contributed by atoms with E-state index in [1.54, 1.807) is 0 Å². The fraction of sp³-hybridized carbons (Fsp3) is 0.667. The minimum atomic E-state index is -1.99. The maximum absolute atomic E-state index is 13.9. The van der Waals surface area contributed by atoms with Crippen LogP contribution < -0.4 is 4.90 Å². The molecule has 1 fully saturated rings. The molecule has 1 aromatic heterocycles. The van der Waals surface area contributed by atoms with Crippen molar-refractivity contribution in [1.82, 2.24) is 9.97 Å². The number of nitrogens with zero attached hydrogens (tertiary/aromatic N) is 3. The van der Waals surface area contributed by atoms with Crippen LogP contribution in [0.3, 0.4) is 0 Å². The van der Waals surface area contributed by atoms with E-state index < -0.39 is 20.2 Å². The first-order chi connectivity index (χ1) is 10.5. The summed E-state index contributed by atoms with van der Waals surface area (Å²) in [5.41, 5.74) is 0. The summed E-state index contributed by atoms with van der Waals surface area (Å²) in [4.78, 5) is 19.9. The lowest BCUT2D eigenvalue weighted by Crippen LogP contribution is -2.45. The summed E-state index contributed by atoms with van der Waals surface area (Å²) in [7, 11) is -1.99. The van der Waals surface area contributed by atoms with E-state index in [1.807, 2.05) is 0 Å². The van der Waals surface area contributed by atoms with Crippen molar-refractivity contribution in [3.8, 4) is 0 Å². The van der Waals surface area contributed by atoms with Gasteiger partial charge in [-0.3, -0.25) is 9.69 Å². The molecule has 0 aromatic carbocycles. The zero-order chi connectivity index (χ0) is 17.4. The predicted octanol–water partition coefficient (Wildman–Crippen LogP) is 3.27. The second-order valence-electron chi connectivity index (χ2n) is 7.34. The van der Waals surface area contributed by atoms with Gasteiger partial charge in [0.15, 0.2) is 20.0 Å². The highest BCUT2D eigenvalue weighted by molar-refractivity contribution is 6.74. The number of carbonyl (C=O) groups excluding carboxylic acids is 1. The lowest BCUT2D eigenvalue weighted by molar-refractivity contribution is -0.117. The van der Waals surface area contributed by atoms with E-state index >= 15 is 0 Å². The summed E-state index contributed by atoms with van der Waals surface area (Å²) in [6, 6.07) is -0.333. The summed E-state index contributed by atoms with van der Waals surface area (Å²) in [6.45, 7) is 10.9. The number of carbonyl (C=O) groups is 1. The third-order valence-electron chi connectivity index (χ3n) is 4.69. The van der Waals surface area contributed by atoms with Crippen LogP contribution in [0.2, 0.25) is 18.1 Å². The number of hydrogen-bond donors (Lipinski definition) is 0. The maximum Gasteiger partial charge on any atom is 0.310 e. The monoisotopic (exact) mass is 343 g/mol. The van der Waals surface area contributed by atoms with Crippen LogP contribution >= 0.6 is 0 Å². The number of aromatic nitrogens is 2. The Hall–Kier alpha value is -1.41. The molecule has 0 unspecified atom stereocenters. The largest absolute Gasteiger partial charge is 0.415 e. The summed E-state index contributed by atoms with van der Waals surface area (Å²) in [6.07, 6.45) is 0.509.